The molecule has 0 aromatic heterocycles. The highest BCUT2D eigenvalue weighted by Gasteiger charge is 2.30. The lowest BCUT2D eigenvalue weighted by Crippen LogP contribution is -2.31. The van der Waals surface area contributed by atoms with Gasteiger partial charge in [-0.1, -0.05) is 33.4 Å². The Morgan fingerprint density at radius 3 is 2.91 bits per heavy atom. The second-order valence-electron chi connectivity index (χ2n) is 6.66. The van der Waals surface area contributed by atoms with E-state index in [2.05, 4.69) is 50.3 Å². The van der Waals surface area contributed by atoms with Gasteiger partial charge in [0.2, 0.25) is 6.79 Å². The minimum Gasteiger partial charge on any atom is -0.470 e. The number of allylic oxidation sites excluding steroid dienone is 3. The number of nitrogens with one attached hydrogen (secondary N) is 2. The Kier molecular flexibility index (Phi) is 5.14. The van der Waals surface area contributed by atoms with Crippen LogP contribution in [0.2, 0.25) is 0 Å². The van der Waals surface area contributed by atoms with Crippen molar-refractivity contribution in [1.29, 1.82) is 0 Å². The molecule has 1 aromatic rings. The van der Waals surface area contributed by atoms with Crippen LogP contribution in [0.1, 0.15) is 33.3 Å². The standard InChI is InChI=1S/C18H26N2O2/c1-6-7-13(2)21-12-22-20-15-8-9-16-14(10-15)11-17(19-16)18(3,4)5/h6-10,17,19-20H,1,11-12H2,2-5H3/b13-7+. The summed E-state index contributed by atoms with van der Waals surface area (Å²) < 4.78 is 5.35. The van der Waals surface area contributed by atoms with Gasteiger partial charge in [-0.15, -0.1) is 0 Å². The fourth-order valence-electron chi connectivity index (χ4n) is 2.40. The maximum atomic E-state index is 5.35. The van der Waals surface area contributed by atoms with Crippen molar-refractivity contribution in [3.63, 3.8) is 0 Å². The molecule has 2 rings (SSSR count). The van der Waals surface area contributed by atoms with Gasteiger partial charge in [0.1, 0.15) is 0 Å². The zero-order valence-electron chi connectivity index (χ0n) is 13.9. The van der Waals surface area contributed by atoms with E-state index in [0.29, 0.717) is 6.04 Å². The molecule has 22 heavy (non-hydrogen) atoms. The third kappa shape index (κ3) is 4.28. The molecule has 2 N–H and O–H groups in total. The monoisotopic (exact) mass is 302 g/mol. The Bertz CT molecular complexity index is 559. The van der Waals surface area contributed by atoms with E-state index in [1.807, 2.05) is 13.0 Å². The molecule has 0 spiro atoms. The maximum Gasteiger partial charge on any atom is 0.213 e. The molecule has 0 fully saturated rings. The van der Waals surface area contributed by atoms with Crippen LogP contribution in [0, 0.1) is 5.41 Å². The van der Waals surface area contributed by atoms with Crippen LogP contribution in [-0.4, -0.2) is 12.8 Å². The van der Waals surface area contributed by atoms with Crippen LogP contribution in [0.5, 0.6) is 0 Å². The first-order chi connectivity index (χ1) is 10.4. The molecule has 1 atom stereocenters. The van der Waals surface area contributed by atoms with Crippen LogP contribution < -0.4 is 10.8 Å². The first-order valence-corrected chi connectivity index (χ1v) is 7.59. The lowest BCUT2D eigenvalue weighted by molar-refractivity contribution is 0.00492. The van der Waals surface area contributed by atoms with Crippen molar-refractivity contribution in [2.24, 2.45) is 5.41 Å². The van der Waals surface area contributed by atoms with Gasteiger partial charge in [-0.3, -0.25) is 5.48 Å². The van der Waals surface area contributed by atoms with Gasteiger partial charge in [-0.2, -0.15) is 0 Å². The zero-order valence-corrected chi connectivity index (χ0v) is 13.9. The molecular weight excluding hydrogens is 276 g/mol. The predicted octanol–water partition coefficient (Wildman–Crippen LogP) is 4.48. The summed E-state index contributed by atoms with van der Waals surface area (Å²) in [4.78, 5) is 5.32. The van der Waals surface area contributed by atoms with Crippen LogP contribution >= 0.6 is 0 Å². The van der Waals surface area contributed by atoms with Crippen molar-refractivity contribution >= 4 is 11.4 Å². The van der Waals surface area contributed by atoms with E-state index in [0.717, 1.165) is 17.9 Å². The maximum absolute atomic E-state index is 5.35. The Balaban J connectivity index is 1.86. The molecule has 1 aliphatic heterocycles. The van der Waals surface area contributed by atoms with Crippen molar-refractivity contribution in [2.75, 3.05) is 17.6 Å². The highest BCUT2D eigenvalue weighted by Crippen LogP contribution is 2.35. The largest absolute Gasteiger partial charge is 0.470 e. The highest BCUT2D eigenvalue weighted by atomic mass is 16.8. The molecule has 0 saturated carbocycles. The second-order valence-corrected chi connectivity index (χ2v) is 6.66. The summed E-state index contributed by atoms with van der Waals surface area (Å²) in [5, 5.41) is 3.59. The molecule has 4 heteroatoms. The van der Waals surface area contributed by atoms with E-state index in [-0.39, 0.29) is 12.2 Å². The first-order valence-electron chi connectivity index (χ1n) is 7.59. The average Bonchev–Trinajstić information content (AvgIpc) is 2.87. The fraction of sp³-hybridized carbons (Fsp3) is 0.444. The molecule has 0 radical (unpaired) electrons. The molecule has 1 aromatic carbocycles. The lowest BCUT2D eigenvalue weighted by Gasteiger charge is -2.27. The third-order valence-corrected chi connectivity index (χ3v) is 3.79. The molecular formula is C18H26N2O2. The minimum atomic E-state index is 0.149. The summed E-state index contributed by atoms with van der Waals surface area (Å²) in [6.45, 7) is 12.4. The van der Waals surface area contributed by atoms with Gasteiger partial charge in [-0.05, 0) is 48.6 Å². The van der Waals surface area contributed by atoms with Gasteiger partial charge in [0.15, 0.2) is 0 Å². The smallest absolute Gasteiger partial charge is 0.213 e. The number of ether oxygens (including phenoxy) is 1. The molecule has 4 nitrogen and oxygen atoms in total. The average molecular weight is 302 g/mol. The number of benzene rings is 1. The van der Waals surface area contributed by atoms with E-state index >= 15 is 0 Å². The van der Waals surface area contributed by atoms with Gasteiger partial charge in [0.25, 0.3) is 0 Å². The summed E-state index contributed by atoms with van der Waals surface area (Å²) in [6, 6.07) is 6.69. The van der Waals surface area contributed by atoms with Crippen molar-refractivity contribution in [2.45, 2.75) is 40.2 Å². The SMILES string of the molecule is C=C/C=C(\C)OCONc1ccc2c(c1)CC(C(C)(C)C)N2. The van der Waals surface area contributed by atoms with Crippen LogP contribution in [-0.2, 0) is 16.0 Å². The zero-order chi connectivity index (χ0) is 16.2. The van der Waals surface area contributed by atoms with Gasteiger partial charge >= 0.3 is 0 Å². The van der Waals surface area contributed by atoms with Gasteiger partial charge in [0, 0.05) is 11.7 Å². The first kappa shape index (κ1) is 16.4. The normalized spacial score (nSPS) is 17.6. The Morgan fingerprint density at radius 1 is 1.45 bits per heavy atom. The topological polar surface area (TPSA) is 42.5 Å². The summed E-state index contributed by atoms with van der Waals surface area (Å²) in [5.74, 6) is 0.767. The number of fused-ring (bicyclic) bond motifs is 1. The molecule has 1 heterocycles. The van der Waals surface area contributed by atoms with Crippen molar-refractivity contribution in [3.8, 4) is 0 Å². The van der Waals surface area contributed by atoms with E-state index in [9.17, 15) is 0 Å². The predicted molar refractivity (Wildman–Crippen MR) is 91.6 cm³/mol. The number of rotatable bonds is 6. The van der Waals surface area contributed by atoms with Crippen LogP contribution in [0.15, 0.2) is 42.7 Å². The summed E-state index contributed by atoms with van der Waals surface area (Å²) in [7, 11) is 0. The molecule has 120 valence electrons. The lowest BCUT2D eigenvalue weighted by atomic mass is 9.85. The minimum absolute atomic E-state index is 0.149. The number of anilines is 2. The molecule has 1 aliphatic rings. The summed E-state index contributed by atoms with van der Waals surface area (Å²) in [5.41, 5.74) is 6.63. The highest BCUT2D eigenvalue weighted by molar-refractivity contribution is 5.63. The van der Waals surface area contributed by atoms with Crippen molar-refractivity contribution < 1.29 is 9.57 Å². The third-order valence-electron chi connectivity index (χ3n) is 3.79. The molecule has 0 aliphatic carbocycles. The molecule has 0 saturated heterocycles. The summed E-state index contributed by atoms with van der Waals surface area (Å²) in [6.07, 6.45) is 4.50. The summed E-state index contributed by atoms with van der Waals surface area (Å²) >= 11 is 0. The van der Waals surface area contributed by atoms with E-state index < -0.39 is 0 Å². The van der Waals surface area contributed by atoms with E-state index in [4.69, 9.17) is 9.57 Å². The Labute approximate surface area is 133 Å². The molecule has 0 amide bonds. The van der Waals surface area contributed by atoms with Gasteiger partial charge < -0.3 is 10.1 Å². The van der Waals surface area contributed by atoms with Crippen LogP contribution in [0.25, 0.3) is 0 Å². The van der Waals surface area contributed by atoms with Crippen LogP contribution in [0.4, 0.5) is 11.4 Å². The fourth-order valence-corrected chi connectivity index (χ4v) is 2.40. The van der Waals surface area contributed by atoms with E-state index in [1.165, 1.54) is 11.3 Å². The Hall–Kier alpha value is -1.94. The quantitative estimate of drug-likeness (QED) is 0.267. The second kappa shape index (κ2) is 6.88. The molecule has 1 unspecified atom stereocenters. The molecule has 0 bridgehead atoms. The van der Waals surface area contributed by atoms with Crippen molar-refractivity contribution in [3.05, 3.63) is 48.3 Å². The van der Waals surface area contributed by atoms with Crippen molar-refractivity contribution in [1.82, 2.24) is 0 Å². The van der Waals surface area contributed by atoms with Crippen LogP contribution in [0.3, 0.4) is 0 Å². The number of hydrogen-bond donors (Lipinski definition) is 2. The Morgan fingerprint density at radius 2 is 2.23 bits per heavy atom. The van der Waals surface area contributed by atoms with E-state index in [1.54, 1.807) is 12.2 Å². The number of hydrogen-bond acceptors (Lipinski definition) is 4. The van der Waals surface area contributed by atoms with Gasteiger partial charge in [-0.25, -0.2) is 4.84 Å². The van der Waals surface area contributed by atoms with Gasteiger partial charge in [0.05, 0.1) is 11.4 Å².